The number of nitrogens with two attached hydrogens (primary N) is 1. The number of ether oxygens (including phenoxy) is 1. The third kappa shape index (κ3) is 4.39. The van der Waals surface area contributed by atoms with Crippen LogP contribution in [0.25, 0.3) is 10.9 Å². The van der Waals surface area contributed by atoms with Gasteiger partial charge < -0.3 is 15.8 Å². The number of aromatic nitrogens is 2. The van der Waals surface area contributed by atoms with Crippen LogP contribution in [-0.4, -0.2) is 23.1 Å². The summed E-state index contributed by atoms with van der Waals surface area (Å²) in [6.07, 6.45) is 8.25. The Kier molecular flexibility index (Phi) is 5.32. The van der Waals surface area contributed by atoms with E-state index < -0.39 is 0 Å². The maximum Gasteiger partial charge on any atom is 0.137 e. The third-order valence-corrected chi connectivity index (χ3v) is 3.78. The second-order valence-corrected chi connectivity index (χ2v) is 5.63. The second kappa shape index (κ2) is 8.02. The highest BCUT2D eigenvalue weighted by Crippen LogP contribution is 2.21. The van der Waals surface area contributed by atoms with Gasteiger partial charge in [-0.05, 0) is 42.3 Å². The topological polar surface area (TPSA) is 73.1 Å². The van der Waals surface area contributed by atoms with Crippen molar-refractivity contribution >= 4 is 22.4 Å². The molecule has 0 saturated carbocycles. The summed E-state index contributed by atoms with van der Waals surface area (Å²) in [5, 5.41) is 4.29. The van der Waals surface area contributed by atoms with Gasteiger partial charge in [0.25, 0.3) is 0 Å². The van der Waals surface area contributed by atoms with Gasteiger partial charge >= 0.3 is 0 Å². The molecule has 5 nitrogen and oxygen atoms in total. The van der Waals surface area contributed by atoms with Gasteiger partial charge in [-0.25, -0.2) is 9.97 Å². The predicted molar refractivity (Wildman–Crippen MR) is 102 cm³/mol. The van der Waals surface area contributed by atoms with Gasteiger partial charge in [0.15, 0.2) is 0 Å². The molecule has 0 bridgehead atoms. The van der Waals surface area contributed by atoms with Gasteiger partial charge in [-0.1, -0.05) is 12.1 Å². The van der Waals surface area contributed by atoms with Crippen LogP contribution in [0.2, 0.25) is 0 Å². The lowest BCUT2D eigenvalue weighted by Gasteiger charge is -2.10. The maximum absolute atomic E-state index is 5.87. The summed E-state index contributed by atoms with van der Waals surface area (Å²) in [5.41, 5.74) is 8.62. The van der Waals surface area contributed by atoms with Crippen molar-refractivity contribution in [3.63, 3.8) is 0 Å². The average molecular weight is 332 g/mol. The molecule has 25 heavy (non-hydrogen) atoms. The summed E-state index contributed by atoms with van der Waals surface area (Å²) in [6.45, 7) is 1.28. The van der Waals surface area contributed by atoms with Gasteiger partial charge in [0, 0.05) is 24.0 Å². The molecule has 3 aromatic rings. The molecule has 3 rings (SSSR count). The van der Waals surface area contributed by atoms with Crippen LogP contribution in [0.1, 0.15) is 12.0 Å². The Morgan fingerprint density at radius 1 is 1.16 bits per heavy atom. The standard InChI is InChI=1S/C20H20N4O/c1-2-3-11-25-17-6-4-5-15(12-17)9-10-22-20-18-13-16(21)7-8-19(18)23-14-24-20/h1,4-8,12-14H,3,9-11,21H2,(H,22,23,24). The molecule has 0 atom stereocenters. The molecular weight excluding hydrogens is 312 g/mol. The lowest BCUT2D eigenvalue weighted by Crippen LogP contribution is -2.07. The number of fused-ring (bicyclic) bond motifs is 1. The molecule has 1 aromatic heterocycles. The highest BCUT2D eigenvalue weighted by molar-refractivity contribution is 5.91. The molecule has 0 saturated heterocycles. The monoisotopic (exact) mass is 332 g/mol. The molecule has 0 aliphatic heterocycles. The minimum absolute atomic E-state index is 0.534. The van der Waals surface area contributed by atoms with Crippen LogP contribution in [0.3, 0.4) is 0 Å². The van der Waals surface area contributed by atoms with Crippen molar-refractivity contribution in [2.45, 2.75) is 12.8 Å². The number of hydrogen-bond acceptors (Lipinski definition) is 5. The zero-order valence-electron chi connectivity index (χ0n) is 13.9. The Morgan fingerprint density at radius 3 is 2.96 bits per heavy atom. The van der Waals surface area contributed by atoms with Gasteiger partial charge in [-0.2, -0.15) is 0 Å². The Hall–Kier alpha value is -3.26. The molecule has 0 radical (unpaired) electrons. The maximum atomic E-state index is 5.87. The molecule has 5 heteroatoms. The van der Waals surface area contributed by atoms with Gasteiger partial charge in [-0.3, -0.25) is 0 Å². The molecular formula is C20H20N4O. The zero-order valence-corrected chi connectivity index (χ0v) is 13.9. The quantitative estimate of drug-likeness (QED) is 0.395. The summed E-state index contributed by atoms with van der Waals surface area (Å²) in [4.78, 5) is 8.58. The van der Waals surface area contributed by atoms with E-state index in [1.165, 1.54) is 5.56 Å². The average Bonchev–Trinajstić information content (AvgIpc) is 2.63. The van der Waals surface area contributed by atoms with Crippen molar-refractivity contribution in [3.05, 3.63) is 54.4 Å². The smallest absolute Gasteiger partial charge is 0.137 e. The minimum Gasteiger partial charge on any atom is -0.493 e. The van der Waals surface area contributed by atoms with Crippen molar-refractivity contribution in [1.82, 2.24) is 9.97 Å². The fourth-order valence-corrected chi connectivity index (χ4v) is 2.56. The first-order chi connectivity index (χ1) is 12.3. The van der Waals surface area contributed by atoms with Crippen LogP contribution in [0, 0.1) is 12.3 Å². The summed E-state index contributed by atoms with van der Waals surface area (Å²) >= 11 is 0. The Balaban J connectivity index is 1.63. The zero-order chi connectivity index (χ0) is 17.5. The van der Waals surface area contributed by atoms with Crippen molar-refractivity contribution in [1.29, 1.82) is 0 Å². The first kappa shape index (κ1) is 16.6. The molecule has 0 spiro atoms. The number of benzene rings is 2. The molecule has 0 amide bonds. The van der Waals surface area contributed by atoms with Crippen molar-refractivity contribution < 1.29 is 4.74 Å². The van der Waals surface area contributed by atoms with E-state index in [9.17, 15) is 0 Å². The van der Waals surface area contributed by atoms with Crippen LogP contribution in [0.15, 0.2) is 48.8 Å². The first-order valence-electron chi connectivity index (χ1n) is 8.15. The SMILES string of the molecule is C#CCCOc1cccc(CCNc2ncnc3ccc(N)cc23)c1. The summed E-state index contributed by atoms with van der Waals surface area (Å²) < 4.78 is 5.63. The van der Waals surface area contributed by atoms with E-state index in [4.69, 9.17) is 16.9 Å². The van der Waals surface area contributed by atoms with E-state index in [1.807, 2.05) is 36.4 Å². The van der Waals surface area contributed by atoms with E-state index in [0.717, 1.165) is 35.4 Å². The fraction of sp³-hybridized carbons (Fsp3) is 0.200. The van der Waals surface area contributed by atoms with Gasteiger partial charge in [-0.15, -0.1) is 12.3 Å². The van der Waals surface area contributed by atoms with Crippen molar-refractivity contribution in [2.24, 2.45) is 0 Å². The lowest BCUT2D eigenvalue weighted by atomic mass is 10.1. The molecule has 1 heterocycles. The van der Waals surface area contributed by atoms with E-state index in [1.54, 1.807) is 6.33 Å². The first-order valence-corrected chi connectivity index (χ1v) is 8.15. The van der Waals surface area contributed by atoms with Gasteiger partial charge in [0.1, 0.15) is 17.9 Å². The molecule has 2 aromatic carbocycles. The predicted octanol–water partition coefficient (Wildman–Crippen LogP) is 3.27. The number of rotatable bonds is 7. The van der Waals surface area contributed by atoms with E-state index in [2.05, 4.69) is 27.3 Å². The van der Waals surface area contributed by atoms with Crippen LogP contribution in [0.5, 0.6) is 5.75 Å². The molecule has 0 unspecified atom stereocenters. The number of nitrogens with zero attached hydrogens (tertiary/aromatic N) is 2. The van der Waals surface area contributed by atoms with Gasteiger partial charge in [0.2, 0.25) is 0 Å². The number of anilines is 2. The molecule has 126 valence electrons. The number of nitrogens with one attached hydrogen (secondary N) is 1. The molecule has 3 N–H and O–H groups in total. The van der Waals surface area contributed by atoms with Crippen molar-refractivity contribution in [2.75, 3.05) is 24.2 Å². The molecule has 0 aliphatic carbocycles. The normalized spacial score (nSPS) is 10.4. The summed E-state index contributed by atoms with van der Waals surface area (Å²) in [5.74, 6) is 4.20. The Morgan fingerprint density at radius 2 is 2.08 bits per heavy atom. The largest absolute Gasteiger partial charge is 0.493 e. The second-order valence-electron chi connectivity index (χ2n) is 5.63. The van der Waals surface area contributed by atoms with Crippen LogP contribution < -0.4 is 15.8 Å². The Labute approximate surface area is 147 Å². The van der Waals surface area contributed by atoms with Gasteiger partial charge in [0.05, 0.1) is 12.1 Å². The highest BCUT2D eigenvalue weighted by atomic mass is 16.5. The highest BCUT2D eigenvalue weighted by Gasteiger charge is 2.04. The third-order valence-electron chi connectivity index (χ3n) is 3.78. The number of nitrogen functional groups attached to an aromatic ring is 1. The van der Waals surface area contributed by atoms with Crippen LogP contribution in [0.4, 0.5) is 11.5 Å². The molecule has 0 aliphatic rings. The minimum atomic E-state index is 0.534. The van der Waals surface area contributed by atoms with Crippen LogP contribution >= 0.6 is 0 Å². The Bertz CT molecular complexity index is 902. The van der Waals surface area contributed by atoms with E-state index in [-0.39, 0.29) is 0 Å². The lowest BCUT2D eigenvalue weighted by molar-refractivity contribution is 0.327. The number of hydrogen-bond donors (Lipinski definition) is 2. The fourth-order valence-electron chi connectivity index (χ4n) is 2.56. The van der Waals surface area contributed by atoms with E-state index in [0.29, 0.717) is 18.7 Å². The summed E-state index contributed by atoms with van der Waals surface area (Å²) in [7, 11) is 0. The van der Waals surface area contributed by atoms with E-state index >= 15 is 0 Å². The molecule has 0 fully saturated rings. The summed E-state index contributed by atoms with van der Waals surface area (Å²) in [6, 6.07) is 13.7. The van der Waals surface area contributed by atoms with Crippen LogP contribution in [-0.2, 0) is 6.42 Å². The van der Waals surface area contributed by atoms with Crippen molar-refractivity contribution in [3.8, 4) is 18.1 Å². The number of terminal acetylenes is 1.